The molecule has 3 aromatic rings. The van der Waals surface area contributed by atoms with Gasteiger partial charge in [0.25, 0.3) is 5.91 Å². The maximum Gasteiger partial charge on any atom is 0.255 e. The Morgan fingerprint density at radius 3 is 2.45 bits per heavy atom. The third kappa shape index (κ3) is 4.70. The number of aryl methyl sites for hydroxylation is 1. The van der Waals surface area contributed by atoms with Crippen molar-refractivity contribution in [2.45, 2.75) is 6.92 Å². The molecule has 1 aliphatic rings. The molecule has 2 heterocycles. The molecule has 1 saturated heterocycles. The summed E-state index contributed by atoms with van der Waals surface area (Å²) < 4.78 is 5.56. The van der Waals surface area contributed by atoms with Crippen LogP contribution in [0.4, 0.5) is 11.4 Å². The smallest absolute Gasteiger partial charge is 0.255 e. The van der Waals surface area contributed by atoms with Crippen LogP contribution in [0.15, 0.2) is 60.9 Å². The maximum atomic E-state index is 12.8. The minimum Gasteiger partial charge on any atom is -0.495 e. The van der Waals surface area contributed by atoms with E-state index in [0.717, 1.165) is 60.0 Å². The van der Waals surface area contributed by atoms with Crippen molar-refractivity contribution in [2.24, 2.45) is 0 Å². The van der Waals surface area contributed by atoms with E-state index in [4.69, 9.17) is 4.74 Å². The lowest BCUT2D eigenvalue weighted by molar-refractivity contribution is 0.102. The fourth-order valence-corrected chi connectivity index (χ4v) is 3.83. The Bertz CT molecular complexity index is 1060. The highest BCUT2D eigenvalue weighted by Gasteiger charge is 2.18. The number of ether oxygens (including phenoxy) is 1. The molecule has 1 fully saturated rings. The van der Waals surface area contributed by atoms with Crippen molar-refractivity contribution in [1.29, 1.82) is 0 Å². The van der Waals surface area contributed by atoms with Gasteiger partial charge in [-0.05, 0) is 61.5 Å². The van der Waals surface area contributed by atoms with E-state index in [1.54, 1.807) is 13.3 Å². The van der Waals surface area contributed by atoms with Crippen LogP contribution in [0.3, 0.4) is 0 Å². The molecule has 4 rings (SSSR count). The van der Waals surface area contributed by atoms with Crippen molar-refractivity contribution >= 4 is 17.3 Å². The molecule has 0 unspecified atom stereocenters. The number of benzene rings is 2. The summed E-state index contributed by atoms with van der Waals surface area (Å²) in [5.41, 5.74) is 5.65. The third-order valence-electron chi connectivity index (χ3n) is 5.78. The predicted molar refractivity (Wildman–Crippen MR) is 125 cm³/mol. The van der Waals surface area contributed by atoms with Gasteiger partial charge in [0.2, 0.25) is 0 Å². The lowest BCUT2D eigenvalue weighted by Crippen LogP contribution is -2.44. The van der Waals surface area contributed by atoms with Gasteiger partial charge in [0, 0.05) is 55.4 Å². The van der Waals surface area contributed by atoms with Gasteiger partial charge in [-0.25, -0.2) is 0 Å². The van der Waals surface area contributed by atoms with Crippen molar-refractivity contribution in [3.8, 4) is 16.9 Å². The zero-order chi connectivity index (χ0) is 21.8. The zero-order valence-corrected chi connectivity index (χ0v) is 18.3. The van der Waals surface area contributed by atoms with E-state index in [1.807, 2.05) is 54.7 Å². The molecule has 6 heteroatoms. The van der Waals surface area contributed by atoms with Crippen LogP contribution in [0, 0.1) is 6.92 Å². The summed E-state index contributed by atoms with van der Waals surface area (Å²) in [7, 11) is 3.81. The number of carbonyl (C=O) groups is 1. The Morgan fingerprint density at radius 1 is 1.03 bits per heavy atom. The van der Waals surface area contributed by atoms with Crippen LogP contribution >= 0.6 is 0 Å². The molecule has 1 aliphatic heterocycles. The molecule has 31 heavy (non-hydrogen) atoms. The van der Waals surface area contributed by atoms with E-state index in [1.165, 1.54) is 0 Å². The summed E-state index contributed by atoms with van der Waals surface area (Å²) in [6, 6.07) is 15.4. The Balaban J connectivity index is 1.50. The third-order valence-corrected chi connectivity index (χ3v) is 5.78. The Hall–Kier alpha value is -3.38. The summed E-state index contributed by atoms with van der Waals surface area (Å²) in [5, 5.41) is 3.02. The fraction of sp³-hybridized carbons (Fsp3) is 0.280. The highest BCUT2D eigenvalue weighted by molar-refractivity contribution is 6.04. The Morgan fingerprint density at radius 2 is 1.77 bits per heavy atom. The number of carbonyl (C=O) groups excluding carboxylic acids is 1. The van der Waals surface area contributed by atoms with E-state index >= 15 is 0 Å². The molecule has 160 valence electrons. The van der Waals surface area contributed by atoms with Crippen molar-refractivity contribution < 1.29 is 9.53 Å². The average Bonchev–Trinajstić information content (AvgIpc) is 2.80. The molecule has 2 aromatic carbocycles. The van der Waals surface area contributed by atoms with Crippen molar-refractivity contribution in [1.82, 2.24) is 9.88 Å². The largest absolute Gasteiger partial charge is 0.495 e. The number of rotatable bonds is 5. The number of aromatic nitrogens is 1. The fourth-order valence-electron chi connectivity index (χ4n) is 3.83. The van der Waals surface area contributed by atoms with Crippen LogP contribution in [-0.4, -0.2) is 56.1 Å². The number of piperazine rings is 1. The number of likely N-dealkylation sites (N-methyl/N-ethyl adjacent to an activating group) is 1. The Kier molecular flexibility index (Phi) is 6.18. The minimum absolute atomic E-state index is 0.135. The average molecular weight is 417 g/mol. The topological polar surface area (TPSA) is 57.7 Å². The number of hydrogen-bond acceptors (Lipinski definition) is 5. The van der Waals surface area contributed by atoms with Crippen molar-refractivity contribution in [3.63, 3.8) is 0 Å². The second-order valence-corrected chi connectivity index (χ2v) is 7.90. The second kappa shape index (κ2) is 9.18. The van der Waals surface area contributed by atoms with Gasteiger partial charge in [0.1, 0.15) is 5.75 Å². The van der Waals surface area contributed by atoms with Crippen molar-refractivity contribution in [3.05, 3.63) is 72.1 Å². The first kappa shape index (κ1) is 20.9. The molecular formula is C25H28N4O2. The summed E-state index contributed by atoms with van der Waals surface area (Å²) >= 11 is 0. The van der Waals surface area contributed by atoms with Crippen molar-refractivity contribution in [2.75, 3.05) is 50.6 Å². The van der Waals surface area contributed by atoms with Gasteiger partial charge in [-0.1, -0.05) is 12.1 Å². The minimum atomic E-state index is -0.135. The first-order valence-corrected chi connectivity index (χ1v) is 10.5. The van der Waals surface area contributed by atoms with Gasteiger partial charge in [-0.3, -0.25) is 9.78 Å². The second-order valence-electron chi connectivity index (χ2n) is 7.90. The van der Waals surface area contributed by atoms with E-state index in [2.05, 4.69) is 34.1 Å². The van der Waals surface area contributed by atoms with Crippen LogP contribution in [0.2, 0.25) is 0 Å². The summed E-state index contributed by atoms with van der Waals surface area (Å²) in [4.78, 5) is 21.7. The highest BCUT2D eigenvalue weighted by atomic mass is 16.5. The summed E-state index contributed by atoms with van der Waals surface area (Å²) in [6.45, 7) is 5.92. The molecular weight excluding hydrogens is 388 g/mol. The van der Waals surface area contributed by atoms with E-state index in [0.29, 0.717) is 5.56 Å². The van der Waals surface area contributed by atoms with E-state index in [9.17, 15) is 4.79 Å². The van der Waals surface area contributed by atoms with E-state index in [-0.39, 0.29) is 5.91 Å². The number of pyridine rings is 1. The molecule has 0 aliphatic carbocycles. The standard InChI is InChI=1S/C25H28N4O2/c1-18-10-11-26-17-22(18)19-4-6-20(7-5-19)25(30)27-21-8-9-24(31-3)23(16-21)29-14-12-28(2)13-15-29/h4-11,16-17H,12-15H2,1-3H3,(H,27,30). The van der Waals surface area contributed by atoms with Gasteiger partial charge in [0.15, 0.2) is 0 Å². The number of nitrogens with zero attached hydrogens (tertiary/aromatic N) is 3. The Labute approximate surface area is 183 Å². The first-order valence-electron chi connectivity index (χ1n) is 10.5. The molecule has 0 radical (unpaired) electrons. The molecule has 0 saturated carbocycles. The lowest BCUT2D eigenvalue weighted by atomic mass is 10.0. The molecule has 0 bridgehead atoms. The molecule has 1 amide bonds. The van der Waals surface area contributed by atoms with Gasteiger partial charge >= 0.3 is 0 Å². The van der Waals surface area contributed by atoms with Gasteiger partial charge < -0.3 is 19.9 Å². The molecule has 6 nitrogen and oxygen atoms in total. The lowest BCUT2D eigenvalue weighted by Gasteiger charge is -2.34. The first-order chi connectivity index (χ1) is 15.0. The van der Waals surface area contributed by atoms with Crippen LogP contribution in [0.1, 0.15) is 15.9 Å². The predicted octanol–water partition coefficient (Wildman–Crippen LogP) is 4.07. The molecule has 0 spiro atoms. The maximum absolute atomic E-state index is 12.8. The molecule has 1 aromatic heterocycles. The monoisotopic (exact) mass is 416 g/mol. The normalized spacial score (nSPS) is 14.4. The van der Waals surface area contributed by atoms with E-state index < -0.39 is 0 Å². The van der Waals surface area contributed by atoms with Gasteiger partial charge in [-0.15, -0.1) is 0 Å². The number of amides is 1. The summed E-state index contributed by atoms with van der Waals surface area (Å²) in [5.74, 6) is 0.683. The quantitative estimate of drug-likeness (QED) is 0.680. The van der Waals surface area contributed by atoms with Crippen LogP contribution in [0.5, 0.6) is 5.75 Å². The highest BCUT2D eigenvalue weighted by Crippen LogP contribution is 2.32. The zero-order valence-electron chi connectivity index (χ0n) is 18.3. The van der Waals surface area contributed by atoms with Crippen LogP contribution in [0.25, 0.3) is 11.1 Å². The van der Waals surface area contributed by atoms with Gasteiger partial charge in [0.05, 0.1) is 12.8 Å². The van der Waals surface area contributed by atoms with Crippen LogP contribution < -0.4 is 15.0 Å². The number of anilines is 2. The number of nitrogens with one attached hydrogen (secondary N) is 1. The summed E-state index contributed by atoms with van der Waals surface area (Å²) in [6.07, 6.45) is 3.63. The van der Waals surface area contributed by atoms with Crippen LogP contribution in [-0.2, 0) is 0 Å². The SMILES string of the molecule is COc1ccc(NC(=O)c2ccc(-c3cnccc3C)cc2)cc1N1CCN(C)CC1. The molecule has 1 N–H and O–H groups in total. The molecule has 0 atom stereocenters. The van der Waals surface area contributed by atoms with Gasteiger partial charge in [-0.2, -0.15) is 0 Å². The number of methoxy groups -OCH3 is 1. The number of hydrogen-bond donors (Lipinski definition) is 1.